The molecule has 0 saturated carbocycles. The van der Waals surface area contributed by atoms with Gasteiger partial charge in [0, 0.05) is 23.4 Å². The van der Waals surface area contributed by atoms with Gasteiger partial charge in [0.2, 0.25) is 5.91 Å². The molecule has 0 aliphatic carbocycles. The number of aliphatic imine (C=N–C) groups is 1. The van der Waals surface area contributed by atoms with Crippen LogP contribution in [0.25, 0.3) is 0 Å². The van der Waals surface area contributed by atoms with Crippen molar-refractivity contribution in [2.24, 2.45) is 4.99 Å². The fraction of sp³-hybridized carbons (Fsp3) is 0.333. The summed E-state index contributed by atoms with van der Waals surface area (Å²) in [7, 11) is 3.48. The first-order chi connectivity index (χ1) is 12.0. The van der Waals surface area contributed by atoms with Crippen LogP contribution in [0.5, 0.6) is 0 Å². The number of rotatable bonds is 6. The second-order valence-corrected chi connectivity index (χ2v) is 7.76. The Balaban J connectivity index is 2.04. The number of amides is 1. The summed E-state index contributed by atoms with van der Waals surface area (Å²) in [4.78, 5) is 19.2. The fourth-order valence-corrected chi connectivity index (χ4v) is 3.20. The molecule has 2 rings (SSSR count). The van der Waals surface area contributed by atoms with E-state index in [0.29, 0.717) is 19.0 Å². The van der Waals surface area contributed by atoms with Crippen LogP contribution in [-0.2, 0) is 17.9 Å². The molecule has 0 unspecified atom stereocenters. The van der Waals surface area contributed by atoms with Crippen molar-refractivity contribution in [3.8, 4) is 0 Å². The molecule has 25 heavy (non-hydrogen) atoms. The van der Waals surface area contributed by atoms with Crippen molar-refractivity contribution >= 4 is 39.1 Å². The third-order valence-corrected chi connectivity index (χ3v) is 5.00. The number of hydrogen-bond acceptors (Lipinski definition) is 3. The third-order valence-electron chi connectivity index (χ3n) is 3.63. The minimum atomic E-state index is 0.00504. The first kappa shape index (κ1) is 19.5. The summed E-state index contributed by atoms with van der Waals surface area (Å²) in [5.41, 5.74) is 2.33. The Morgan fingerprint density at radius 1 is 1.28 bits per heavy atom. The van der Waals surface area contributed by atoms with Gasteiger partial charge in [-0.1, -0.05) is 28.1 Å². The lowest BCUT2D eigenvalue weighted by atomic mass is 10.1. The van der Waals surface area contributed by atoms with Gasteiger partial charge in [-0.05, 0) is 41.6 Å². The van der Waals surface area contributed by atoms with Crippen LogP contribution in [0.15, 0.2) is 45.2 Å². The molecular weight excluding hydrogens is 400 g/mol. The van der Waals surface area contributed by atoms with Gasteiger partial charge in [-0.2, -0.15) is 0 Å². The molecule has 1 aromatic heterocycles. The number of thiophene rings is 1. The van der Waals surface area contributed by atoms with Crippen LogP contribution in [0, 0.1) is 6.92 Å². The highest BCUT2D eigenvalue weighted by molar-refractivity contribution is 9.10. The average molecular weight is 423 g/mol. The summed E-state index contributed by atoms with van der Waals surface area (Å²) in [5, 5.41) is 8.44. The van der Waals surface area contributed by atoms with Gasteiger partial charge in [-0.15, -0.1) is 11.3 Å². The van der Waals surface area contributed by atoms with Crippen LogP contribution in [0.2, 0.25) is 0 Å². The molecule has 0 aliphatic rings. The Morgan fingerprint density at radius 3 is 2.72 bits per heavy atom. The molecule has 5 nitrogen and oxygen atoms in total. The summed E-state index contributed by atoms with van der Waals surface area (Å²) >= 11 is 5.16. The number of hydrogen-bond donors (Lipinski definition) is 2. The van der Waals surface area contributed by atoms with Crippen LogP contribution in [0.1, 0.15) is 16.0 Å². The molecule has 0 radical (unpaired) electrons. The van der Waals surface area contributed by atoms with E-state index in [1.807, 2.05) is 17.5 Å². The Hall–Kier alpha value is -1.86. The lowest BCUT2D eigenvalue weighted by Crippen LogP contribution is -2.42. The molecule has 1 amide bonds. The van der Waals surface area contributed by atoms with E-state index < -0.39 is 0 Å². The van der Waals surface area contributed by atoms with E-state index in [1.165, 1.54) is 10.4 Å². The Morgan fingerprint density at radius 2 is 2.08 bits per heavy atom. The van der Waals surface area contributed by atoms with Crippen LogP contribution in [-0.4, -0.2) is 37.4 Å². The van der Waals surface area contributed by atoms with Gasteiger partial charge in [-0.3, -0.25) is 4.79 Å². The number of aryl methyl sites for hydroxylation is 1. The maximum atomic E-state index is 11.8. The zero-order chi connectivity index (χ0) is 18.2. The van der Waals surface area contributed by atoms with Crippen LogP contribution < -0.4 is 10.6 Å². The van der Waals surface area contributed by atoms with Gasteiger partial charge in [0.1, 0.15) is 0 Å². The van der Waals surface area contributed by atoms with Crippen molar-refractivity contribution in [2.75, 3.05) is 20.6 Å². The van der Waals surface area contributed by atoms with E-state index in [2.05, 4.69) is 56.7 Å². The van der Waals surface area contributed by atoms with E-state index >= 15 is 0 Å². The molecule has 0 saturated heterocycles. The Labute approximate surface area is 161 Å². The lowest BCUT2D eigenvalue weighted by Gasteiger charge is -2.15. The highest BCUT2D eigenvalue weighted by Gasteiger charge is 2.07. The highest BCUT2D eigenvalue weighted by Crippen LogP contribution is 2.16. The van der Waals surface area contributed by atoms with Crippen molar-refractivity contribution in [2.45, 2.75) is 20.0 Å². The van der Waals surface area contributed by atoms with Crippen LogP contribution in [0.3, 0.4) is 0 Å². The summed E-state index contributed by atoms with van der Waals surface area (Å²) < 4.78 is 1.06. The van der Waals surface area contributed by atoms with Gasteiger partial charge in [-0.25, -0.2) is 4.99 Å². The van der Waals surface area contributed by atoms with Crippen molar-refractivity contribution in [3.05, 3.63) is 56.2 Å². The van der Waals surface area contributed by atoms with Gasteiger partial charge in [0.05, 0.1) is 19.6 Å². The predicted molar refractivity (Wildman–Crippen MR) is 108 cm³/mol. The average Bonchev–Trinajstić information content (AvgIpc) is 3.08. The summed E-state index contributed by atoms with van der Waals surface area (Å²) in [6, 6.07) is 10.2. The van der Waals surface area contributed by atoms with Crippen LogP contribution >= 0.6 is 27.3 Å². The van der Waals surface area contributed by atoms with E-state index in [0.717, 1.165) is 10.0 Å². The molecule has 2 aromatic rings. The van der Waals surface area contributed by atoms with Gasteiger partial charge in [0.25, 0.3) is 0 Å². The minimum Gasteiger partial charge on any atom is -0.351 e. The van der Waals surface area contributed by atoms with Crippen molar-refractivity contribution in [3.63, 3.8) is 0 Å². The SMILES string of the molecule is Cc1cc(Br)ccc1CN=C(NCC(=O)N(C)C)NCc1cccs1. The number of halogens is 1. The normalized spacial score (nSPS) is 11.3. The molecule has 0 bridgehead atoms. The summed E-state index contributed by atoms with van der Waals surface area (Å²) in [5.74, 6) is 0.636. The quantitative estimate of drug-likeness (QED) is 0.555. The molecule has 2 N–H and O–H groups in total. The Bertz CT molecular complexity index is 729. The van der Waals surface area contributed by atoms with E-state index in [4.69, 9.17) is 0 Å². The first-order valence-electron chi connectivity index (χ1n) is 7.95. The van der Waals surface area contributed by atoms with Crippen LogP contribution in [0.4, 0.5) is 0 Å². The number of carbonyl (C=O) groups is 1. The maximum Gasteiger partial charge on any atom is 0.241 e. The molecule has 134 valence electrons. The molecule has 7 heteroatoms. The zero-order valence-electron chi connectivity index (χ0n) is 14.7. The maximum absolute atomic E-state index is 11.8. The van der Waals surface area contributed by atoms with E-state index in [-0.39, 0.29) is 12.5 Å². The molecule has 0 spiro atoms. The molecule has 0 atom stereocenters. The largest absolute Gasteiger partial charge is 0.351 e. The number of benzene rings is 1. The van der Waals surface area contributed by atoms with E-state index in [9.17, 15) is 4.79 Å². The van der Waals surface area contributed by atoms with E-state index in [1.54, 1.807) is 30.3 Å². The van der Waals surface area contributed by atoms with Crippen molar-refractivity contribution < 1.29 is 4.79 Å². The number of nitrogens with one attached hydrogen (secondary N) is 2. The fourth-order valence-electron chi connectivity index (χ4n) is 2.08. The Kier molecular flexibility index (Phi) is 7.46. The third kappa shape index (κ3) is 6.51. The smallest absolute Gasteiger partial charge is 0.241 e. The second kappa shape index (κ2) is 9.58. The summed E-state index contributed by atoms with van der Waals surface area (Å²) in [6.45, 7) is 3.51. The molecular formula is C18H23BrN4OS. The molecule has 0 aliphatic heterocycles. The molecule has 1 heterocycles. The van der Waals surface area contributed by atoms with Gasteiger partial charge in [0.15, 0.2) is 5.96 Å². The number of nitrogens with zero attached hydrogens (tertiary/aromatic N) is 2. The summed E-state index contributed by atoms with van der Waals surface area (Å²) in [6.07, 6.45) is 0. The number of likely N-dealkylation sites (N-methyl/N-ethyl adjacent to an activating group) is 1. The minimum absolute atomic E-state index is 0.00504. The van der Waals surface area contributed by atoms with Crippen molar-refractivity contribution in [1.29, 1.82) is 0 Å². The monoisotopic (exact) mass is 422 g/mol. The molecule has 1 aromatic carbocycles. The topological polar surface area (TPSA) is 56.7 Å². The van der Waals surface area contributed by atoms with Gasteiger partial charge >= 0.3 is 0 Å². The molecule has 0 fully saturated rings. The van der Waals surface area contributed by atoms with Crippen molar-refractivity contribution in [1.82, 2.24) is 15.5 Å². The van der Waals surface area contributed by atoms with Gasteiger partial charge < -0.3 is 15.5 Å². The number of carbonyl (C=O) groups excluding carboxylic acids is 1. The number of guanidine groups is 1. The second-order valence-electron chi connectivity index (χ2n) is 5.81. The first-order valence-corrected chi connectivity index (χ1v) is 9.62. The standard InChI is InChI=1S/C18H23BrN4OS/c1-13-9-15(19)7-6-14(13)10-20-18(22-12-17(24)23(2)3)21-11-16-5-4-8-25-16/h4-9H,10-12H2,1-3H3,(H2,20,21,22). The zero-order valence-corrected chi connectivity index (χ0v) is 17.1. The lowest BCUT2D eigenvalue weighted by molar-refractivity contribution is -0.127. The highest BCUT2D eigenvalue weighted by atomic mass is 79.9. The predicted octanol–water partition coefficient (Wildman–Crippen LogP) is 3.14.